The van der Waals surface area contributed by atoms with Crippen LogP contribution in [0.5, 0.6) is 0 Å². The van der Waals surface area contributed by atoms with Crippen molar-refractivity contribution in [3.8, 4) is 0 Å². The molecule has 0 bridgehead atoms. The van der Waals surface area contributed by atoms with Gasteiger partial charge in [0.25, 0.3) is 11.7 Å². The van der Waals surface area contributed by atoms with Crippen molar-refractivity contribution in [3.63, 3.8) is 0 Å². The Morgan fingerprint density at radius 2 is 2.39 bits per heavy atom. The second-order valence-corrected chi connectivity index (χ2v) is 4.40. The van der Waals surface area contributed by atoms with Gasteiger partial charge in [-0.3, -0.25) is 10.1 Å². The van der Waals surface area contributed by atoms with Crippen LogP contribution in [0.2, 0.25) is 0 Å². The predicted octanol–water partition coefficient (Wildman–Crippen LogP) is 1.27. The van der Waals surface area contributed by atoms with E-state index in [0.29, 0.717) is 23.7 Å². The summed E-state index contributed by atoms with van der Waals surface area (Å²) >= 11 is 0. The van der Waals surface area contributed by atoms with E-state index in [1.54, 1.807) is 6.07 Å². The number of hydrogen-bond acceptors (Lipinski definition) is 6. The van der Waals surface area contributed by atoms with Gasteiger partial charge in [0.1, 0.15) is 5.52 Å². The highest BCUT2D eigenvalue weighted by atomic mass is 16.6. The van der Waals surface area contributed by atoms with E-state index in [1.165, 1.54) is 12.1 Å². The maximum atomic E-state index is 10.7. The summed E-state index contributed by atoms with van der Waals surface area (Å²) in [6.45, 7) is 1.50. The van der Waals surface area contributed by atoms with Gasteiger partial charge in [-0.05, 0) is 12.5 Å². The Bertz CT molecular complexity index is 609. The maximum absolute atomic E-state index is 10.7. The number of non-ortho nitro benzene ring substituents is 1. The highest BCUT2D eigenvalue weighted by molar-refractivity contribution is 5.77. The number of rotatable bonds is 2. The van der Waals surface area contributed by atoms with Crippen molar-refractivity contribution in [2.45, 2.75) is 12.5 Å². The average molecular weight is 248 g/mol. The first-order chi connectivity index (χ1) is 8.63. The normalized spacial score (nSPS) is 19.6. The minimum absolute atomic E-state index is 0.00308. The Kier molecular flexibility index (Phi) is 2.41. The third-order valence-corrected chi connectivity index (χ3v) is 3.07. The van der Waals surface area contributed by atoms with E-state index in [0.717, 1.165) is 13.0 Å². The van der Waals surface area contributed by atoms with Crippen molar-refractivity contribution in [2.24, 2.45) is 5.73 Å². The Hall–Kier alpha value is -2.15. The fourth-order valence-corrected chi connectivity index (χ4v) is 2.11. The Labute approximate surface area is 102 Å². The summed E-state index contributed by atoms with van der Waals surface area (Å²) in [6, 6.07) is 5.02. The summed E-state index contributed by atoms with van der Waals surface area (Å²) in [5.74, 6) is 0. The van der Waals surface area contributed by atoms with E-state index >= 15 is 0 Å². The molecule has 0 radical (unpaired) electrons. The molecule has 1 fully saturated rings. The SMILES string of the molecule is NC1CCN(c2nc3ccc([N+](=O)[O-])cc3o2)C1. The van der Waals surface area contributed by atoms with Gasteiger partial charge in [-0.1, -0.05) is 0 Å². The molecule has 7 nitrogen and oxygen atoms in total. The minimum Gasteiger partial charge on any atom is -0.423 e. The molecule has 1 aromatic heterocycles. The highest BCUT2D eigenvalue weighted by Gasteiger charge is 2.23. The van der Waals surface area contributed by atoms with Crippen LogP contribution in [0.25, 0.3) is 11.1 Å². The van der Waals surface area contributed by atoms with Crippen molar-refractivity contribution in [3.05, 3.63) is 28.3 Å². The van der Waals surface area contributed by atoms with Crippen LogP contribution >= 0.6 is 0 Å². The molecule has 1 aliphatic heterocycles. The lowest BCUT2D eigenvalue weighted by Gasteiger charge is -2.11. The molecule has 18 heavy (non-hydrogen) atoms. The fourth-order valence-electron chi connectivity index (χ4n) is 2.11. The number of aromatic nitrogens is 1. The van der Waals surface area contributed by atoms with Gasteiger partial charge in [0.15, 0.2) is 5.58 Å². The third kappa shape index (κ3) is 1.78. The van der Waals surface area contributed by atoms with E-state index in [9.17, 15) is 10.1 Å². The van der Waals surface area contributed by atoms with Crippen molar-refractivity contribution < 1.29 is 9.34 Å². The fraction of sp³-hybridized carbons (Fsp3) is 0.364. The number of nitro benzene ring substituents is 1. The van der Waals surface area contributed by atoms with Gasteiger partial charge in [-0.15, -0.1) is 0 Å². The second kappa shape index (κ2) is 3.95. The zero-order valence-corrected chi connectivity index (χ0v) is 9.57. The number of nitrogens with zero attached hydrogens (tertiary/aromatic N) is 3. The number of nitro groups is 1. The summed E-state index contributed by atoms with van der Waals surface area (Å²) in [7, 11) is 0. The molecule has 2 N–H and O–H groups in total. The minimum atomic E-state index is -0.451. The zero-order chi connectivity index (χ0) is 12.7. The van der Waals surface area contributed by atoms with Crippen molar-refractivity contribution >= 4 is 22.8 Å². The molecular formula is C11H12N4O3. The molecule has 0 aliphatic carbocycles. The van der Waals surface area contributed by atoms with Crippen LogP contribution in [0.4, 0.5) is 11.7 Å². The maximum Gasteiger partial charge on any atom is 0.298 e. The lowest BCUT2D eigenvalue weighted by molar-refractivity contribution is -0.384. The molecule has 7 heteroatoms. The van der Waals surface area contributed by atoms with Crippen LogP contribution in [0, 0.1) is 10.1 Å². The molecule has 0 spiro atoms. The van der Waals surface area contributed by atoms with Gasteiger partial charge in [-0.2, -0.15) is 4.98 Å². The van der Waals surface area contributed by atoms with Crippen molar-refractivity contribution in [2.75, 3.05) is 18.0 Å². The summed E-state index contributed by atoms with van der Waals surface area (Å²) in [6.07, 6.45) is 0.902. The molecule has 94 valence electrons. The first-order valence-corrected chi connectivity index (χ1v) is 5.69. The first-order valence-electron chi connectivity index (χ1n) is 5.69. The van der Waals surface area contributed by atoms with Crippen LogP contribution < -0.4 is 10.6 Å². The predicted molar refractivity (Wildman–Crippen MR) is 65.5 cm³/mol. The topological polar surface area (TPSA) is 98.4 Å². The summed E-state index contributed by atoms with van der Waals surface area (Å²) in [4.78, 5) is 16.5. The molecular weight excluding hydrogens is 236 g/mol. The van der Waals surface area contributed by atoms with E-state index in [1.807, 2.05) is 4.90 Å². The average Bonchev–Trinajstić information content (AvgIpc) is 2.93. The highest BCUT2D eigenvalue weighted by Crippen LogP contribution is 2.27. The molecule has 3 rings (SSSR count). The quantitative estimate of drug-likeness (QED) is 0.634. The molecule has 1 atom stereocenters. The van der Waals surface area contributed by atoms with Gasteiger partial charge < -0.3 is 15.1 Å². The van der Waals surface area contributed by atoms with Gasteiger partial charge in [-0.25, -0.2) is 0 Å². The summed E-state index contributed by atoms with van der Waals surface area (Å²) < 4.78 is 5.55. The lowest BCUT2D eigenvalue weighted by atomic mass is 10.3. The number of nitrogens with two attached hydrogens (primary N) is 1. The number of hydrogen-bond donors (Lipinski definition) is 1. The van der Waals surface area contributed by atoms with Crippen LogP contribution in [0.3, 0.4) is 0 Å². The third-order valence-electron chi connectivity index (χ3n) is 3.07. The number of oxazole rings is 1. The monoisotopic (exact) mass is 248 g/mol. The molecule has 1 unspecified atom stereocenters. The van der Waals surface area contributed by atoms with Crippen molar-refractivity contribution in [1.29, 1.82) is 0 Å². The number of anilines is 1. The summed E-state index contributed by atoms with van der Waals surface area (Å²) in [5.41, 5.74) is 6.87. The van der Waals surface area contributed by atoms with Crippen LogP contribution in [0.1, 0.15) is 6.42 Å². The van der Waals surface area contributed by atoms with Gasteiger partial charge in [0.2, 0.25) is 0 Å². The van der Waals surface area contributed by atoms with Crippen LogP contribution in [-0.4, -0.2) is 29.0 Å². The van der Waals surface area contributed by atoms with Gasteiger partial charge in [0, 0.05) is 25.2 Å². The molecule has 0 saturated carbocycles. The van der Waals surface area contributed by atoms with Gasteiger partial charge in [0.05, 0.1) is 11.0 Å². The molecule has 1 saturated heterocycles. The van der Waals surface area contributed by atoms with E-state index < -0.39 is 4.92 Å². The Balaban J connectivity index is 1.98. The Morgan fingerprint density at radius 3 is 3.06 bits per heavy atom. The second-order valence-electron chi connectivity index (χ2n) is 4.40. The largest absolute Gasteiger partial charge is 0.423 e. The van der Waals surface area contributed by atoms with Crippen LogP contribution in [0.15, 0.2) is 22.6 Å². The Morgan fingerprint density at radius 1 is 1.56 bits per heavy atom. The number of benzene rings is 1. The van der Waals surface area contributed by atoms with Gasteiger partial charge >= 0.3 is 0 Å². The summed E-state index contributed by atoms with van der Waals surface area (Å²) in [5, 5.41) is 10.7. The molecule has 1 aromatic carbocycles. The zero-order valence-electron chi connectivity index (χ0n) is 9.57. The standard InChI is InChI=1S/C11H12N4O3/c12-7-3-4-14(6-7)11-13-9-2-1-8(15(16)17)5-10(9)18-11/h1-2,5,7H,3-4,6,12H2. The van der Waals surface area contributed by atoms with E-state index in [4.69, 9.17) is 10.2 Å². The smallest absolute Gasteiger partial charge is 0.298 e. The lowest BCUT2D eigenvalue weighted by Crippen LogP contribution is -2.26. The van der Waals surface area contributed by atoms with Crippen molar-refractivity contribution in [1.82, 2.24) is 4.98 Å². The van der Waals surface area contributed by atoms with Crippen LogP contribution in [-0.2, 0) is 0 Å². The molecule has 0 amide bonds. The van der Waals surface area contributed by atoms with E-state index in [2.05, 4.69) is 4.98 Å². The first kappa shape index (κ1) is 11.0. The van der Waals surface area contributed by atoms with E-state index in [-0.39, 0.29) is 11.7 Å². The molecule has 2 heterocycles. The molecule has 1 aliphatic rings. The molecule has 2 aromatic rings. The number of fused-ring (bicyclic) bond motifs is 1.